The number of nitrogens with zero attached hydrogens (tertiary/aromatic N) is 2. The van der Waals surface area contributed by atoms with Crippen LogP contribution in [0.1, 0.15) is 29.0 Å². The Morgan fingerprint density at radius 3 is 2.29 bits per heavy atom. The molecule has 0 spiro atoms. The van der Waals surface area contributed by atoms with Crippen molar-refractivity contribution >= 4 is 5.91 Å². The second kappa shape index (κ2) is 9.09. The Morgan fingerprint density at radius 2 is 1.55 bits per heavy atom. The van der Waals surface area contributed by atoms with Crippen molar-refractivity contribution in [1.29, 1.82) is 0 Å². The van der Waals surface area contributed by atoms with E-state index in [2.05, 4.69) is 10.4 Å². The summed E-state index contributed by atoms with van der Waals surface area (Å²) in [7, 11) is 0. The molecule has 4 rings (SSSR count). The van der Waals surface area contributed by atoms with Gasteiger partial charge < -0.3 is 10.1 Å². The van der Waals surface area contributed by atoms with Crippen LogP contribution in [0.5, 0.6) is 11.5 Å². The lowest BCUT2D eigenvalue weighted by Gasteiger charge is -2.16. The lowest BCUT2D eigenvalue weighted by molar-refractivity contribution is 0.0933. The molecule has 31 heavy (non-hydrogen) atoms. The van der Waals surface area contributed by atoms with Gasteiger partial charge in [0.1, 0.15) is 17.2 Å². The first-order valence-corrected chi connectivity index (χ1v) is 9.90. The predicted octanol–water partition coefficient (Wildman–Crippen LogP) is 4.52. The molecular formula is C25H21N3O3. The van der Waals surface area contributed by atoms with Gasteiger partial charge in [-0.05, 0) is 55.0 Å². The first-order chi connectivity index (χ1) is 15.1. The first kappa shape index (κ1) is 20.1. The molecule has 0 aliphatic carbocycles. The lowest BCUT2D eigenvalue weighted by Crippen LogP contribution is -2.30. The molecule has 1 heterocycles. The topological polar surface area (TPSA) is 73.2 Å². The lowest BCUT2D eigenvalue weighted by atomic mass is 10.1. The van der Waals surface area contributed by atoms with E-state index < -0.39 is 0 Å². The Morgan fingerprint density at radius 1 is 0.871 bits per heavy atom. The van der Waals surface area contributed by atoms with Crippen molar-refractivity contribution in [3.63, 3.8) is 0 Å². The zero-order chi connectivity index (χ0) is 21.6. The highest BCUT2D eigenvalue weighted by molar-refractivity contribution is 5.92. The van der Waals surface area contributed by atoms with E-state index in [-0.39, 0.29) is 23.2 Å². The Hall–Kier alpha value is -4.19. The molecule has 0 bridgehead atoms. The number of ether oxygens (including phenoxy) is 1. The van der Waals surface area contributed by atoms with Crippen LogP contribution < -0.4 is 15.6 Å². The fourth-order valence-electron chi connectivity index (χ4n) is 3.11. The molecule has 1 atom stereocenters. The van der Waals surface area contributed by atoms with Crippen molar-refractivity contribution < 1.29 is 9.53 Å². The molecule has 0 aliphatic rings. The zero-order valence-corrected chi connectivity index (χ0v) is 16.9. The van der Waals surface area contributed by atoms with Crippen LogP contribution in [0.2, 0.25) is 0 Å². The van der Waals surface area contributed by atoms with E-state index in [1.807, 2.05) is 79.7 Å². The zero-order valence-electron chi connectivity index (χ0n) is 16.9. The van der Waals surface area contributed by atoms with Gasteiger partial charge in [-0.3, -0.25) is 9.59 Å². The quantitative estimate of drug-likeness (QED) is 0.506. The van der Waals surface area contributed by atoms with Crippen LogP contribution in [0.15, 0.2) is 102 Å². The number of benzene rings is 3. The van der Waals surface area contributed by atoms with Gasteiger partial charge >= 0.3 is 0 Å². The number of carbonyl (C=O) groups excluding carboxylic acids is 1. The van der Waals surface area contributed by atoms with Crippen LogP contribution in [0, 0.1) is 0 Å². The molecule has 0 radical (unpaired) electrons. The normalized spacial score (nSPS) is 11.5. The van der Waals surface area contributed by atoms with Gasteiger partial charge in [0.15, 0.2) is 0 Å². The smallest absolute Gasteiger partial charge is 0.272 e. The van der Waals surface area contributed by atoms with Crippen molar-refractivity contribution in [1.82, 2.24) is 15.1 Å². The van der Waals surface area contributed by atoms with Gasteiger partial charge in [0.05, 0.1) is 11.7 Å². The highest BCUT2D eigenvalue weighted by Gasteiger charge is 2.15. The highest BCUT2D eigenvalue weighted by atomic mass is 16.5. The van der Waals surface area contributed by atoms with E-state index in [1.54, 1.807) is 12.1 Å². The summed E-state index contributed by atoms with van der Waals surface area (Å²) in [5.74, 6) is 1.05. The Kier molecular flexibility index (Phi) is 5.89. The molecule has 3 aromatic carbocycles. The number of carbonyl (C=O) groups is 1. The standard InChI is InChI=1S/C25H21N3O3/c1-18(19-9-8-14-22(17-19)31-21-12-6-3-7-13-21)26-25(30)23-15-16-24(29)28(27-23)20-10-4-2-5-11-20/h2-18H,1H3,(H,26,30)/t18-/m1/s1. The number of amides is 1. The van der Waals surface area contributed by atoms with Crippen LogP contribution in [0.3, 0.4) is 0 Å². The molecule has 6 heteroatoms. The third-order valence-electron chi connectivity index (χ3n) is 4.72. The van der Waals surface area contributed by atoms with Gasteiger partial charge in [-0.25, -0.2) is 0 Å². The summed E-state index contributed by atoms with van der Waals surface area (Å²) < 4.78 is 7.09. The van der Waals surface area contributed by atoms with Crippen molar-refractivity contribution in [2.75, 3.05) is 0 Å². The molecule has 1 N–H and O–H groups in total. The van der Waals surface area contributed by atoms with E-state index in [0.29, 0.717) is 11.4 Å². The van der Waals surface area contributed by atoms with Gasteiger partial charge in [-0.1, -0.05) is 48.5 Å². The van der Waals surface area contributed by atoms with Gasteiger partial charge in [-0.15, -0.1) is 0 Å². The van der Waals surface area contributed by atoms with Gasteiger partial charge in [0.2, 0.25) is 0 Å². The summed E-state index contributed by atoms with van der Waals surface area (Å²) in [6.07, 6.45) is 0. The average Bonchev–Trinajstić information content (AvgIpc) is 2.81. The molecule has 0 aliphatic heterocycles. The van der Waals surface area contributed by atoms with Crippen LogP contribution in [-0.4, -0.2) is 15.7 Å². The second-order valence-corrected chi connectivity index (χ2v) is 6.99. The molecule has 0 saturated heterocycles. The molecule has 1 aromatic heterocycles. The third-order valence-corrected chi connectivity index (χ3v) is 4.72. The summed E-state index contributed by atoms with van der Waals surface area (Å²) in [6, 6.07) is 28.5. The predicted molar refractivity (Wildman–Crippen MR) is 119 cm³/mol. The number of nitrogens with one attached hydrogen (secondary N) is 1. The van der Waals surface area contributed by atoms with E-state index >= 15 is 0 Å². The summed E-state index contributed by atoms with van der Waals surface area (Å²) in [5, 5.41) is 7.16. The van der Waals surface area contributed by atoms with E-state index in [1.165, 1.54) is 16.8 Å². The Balaban J connectivity index is 1.50. The fraction of sp³-hybridized carbons (Fsp3) is 0.0800. The van der Waals surface area contributed by atoms with Crippen LogP contribution in [0.25, 0.3) is 5.69 Å². The molecular weight excluding hydrogens is 390 g/mol. The number of aromatic nitrogens is 2. The fourth-order valence-corrected chi connectivity index (χ4v) is 3.11. The summed E-state index contributed by atoms with van der Waals surface area (Å²) in [5.41, 5.74) is 1.34. The van der Waals surface area contributed by atoms with E-state index in [0.717, 1.165) is 11.3 Å². The Bertz CT molecular complexity index is 1240. The molecule has 0 unspecified atom stereocenters. The molecule has 4 aromatic rings. The van der Waals surface area contributed by atoms with Crippen LogP contribution in [-0.2, 0) is 0 Å². The summed E-state index contributed by atoms with van der Waals surface area (Å²) >= 11 is 0. The minimum absolute atomic E-state index is 0.159. The third kappa shape index (κ3) is 4.87. The van der Waals surface area contributed by atoms with Gasteiger partial charge in [0.25, 0.3) is 11.5 Å². The monoisotopic (exact) mass is 411 g/mol. The molecule has 154 valence electrons. The maximum Gasteiger partial charge on any atom is 0.272 e. The van der Waals surface area contributed by atoms with Crippen molar-refractivity contribution in [2.45, 2.75) is 13.0 Å². The van der Waals surface area contributed by atoms with Crippen LogP contribution >= 0.6 is 0 Å². The van der Waals surface area contributed by atoms with Crippen LogP contribution in [0.4, 0.5) is 0 Å². The van der Waals surface area contributed by atoms with Gasteiger partial charge in [0, 0.05) is 6.07 Å². The second-order valence-electron chi connectivity index (χ2n) is 6.99. The van der Waals surface area contributed by atoms with E-state index in [9.17, 15) is 9.59 Å². The minimum Gasteiger partial charge on any atom is -0.457 e. The number of para-hydroxylation sites is 2. The largest absolute Gasteiger partial charge is 0.457 e. The first-order valence-electron chi connectivity index (χ1n) is 9.90. The molecule has 6 nitrogen and oxygen atoms in total. The summed E-state index contributed by atoms with van der Waals surface area (Å²) in [6.45, 7) is 1.88. The average molecular weight is 411 g/mol. The van der Waals surface area contributed by atoms with Crippen molar-refractivity contribution in [2.24, 2.45) is 0 Å². The maximum atomic E-state index is 12.8. The Labute approximate surface area is 179 Å². The molecule has 1 amide bonds. The number of rotatable bonds is 6. The van der Waals surface area contributed by atoms with Crippen molar-refractivity contribution in [3.8, 4) is 17.2 Å². The highest BCUT2D eigenvalue weighted by Crippen LogP contribution is 2.24. The minimum atomic E-state index is -0.369. The maximum absolute atomic E-state index is 12.8. The number of hydrogen-bond acceptors (Lipinski definition) is 4. The van der Waals surface area contributed by atoms with E-state index in [4.69, 9.17) is 4.74 Å². The SMILES string of the molecule is C[C@@H](NC(=O)c1ccc(=O)n(-c2ccccc2)n1)c1cccc(Oc2ccccc2)c1. The molecule has 0 saturated carbocycles. The van der Waals surface area contributed by atoms with Gasteiger partial charge in [-0.2, -0.15) is 9.78 Å². The molecule has 0 fully saturated rings. The summed E-state index contributed by atoms with van der Waals surface area (Å²) in [4.78, 5) is 25.0. The number of hydrogen-bond donors (Lipinski definition) is 1. The van der Waals surface area contributed by atoms with Crippen molar-refractivity contribution in [3.05, 3.63) is 119 Å².